The van der Waals surface area contributed by atoms with Gasteiger partial charge in [0.05, 0.1) is 10.6 Å². The van der Waals surface area contributed by atoms with Crippen LogP contribution in [0.25, 0.3) is 0 Å². The van der Waals surface area contributed by atoms with E-state index in [2.05, 4.69) is 10.3 Å². The van der Waals surface area contributed by atoms with Crippen molar-refractivity contribution >= 4 is 28.9 Å². The molecule has 0 fully saturated rings. The first-order chi connectivity index (χ1) is 12.2. The Morgan fingerprint density at radius 3 is 1.96 bits per heavy atom. The summed E-state index contributed by atoms with van der Waals surface area (Å²) in [5.41, 5.74) is 2.00. The number of carbonyl (C=O) groups excluding carboxylic acids is 2. The van der Waals surface area contributed by atoms with Crippen molar-refractivity contribution in [3.8, 4) is 0 Å². The predicted octanol–water partition coefficient (Wildman–Crippen LogP) is 4.32. The van der Waals surface area contributed by atoms with Crippen LogP contribution in [0.15, 0.2) is 52.6 Å². The number of non-ortho nitro benzene ring substituents is 1. The van der Waals surface area contributed by atoms with Crippen LogP contribution in [-0.2, 0) is 4.79 Å². The molecule has 0 spiro atoms. The van der Waals surface area contributed by atoms with Gasteiger partial charge < -0.3 is 5.32 Å². The van der Waals surface area contributed by atoms with Gasteiger partial charge in [-0.3, -0.25) is 14.9 Å². The van der Waals surface area contributed by atoms with E-state index in [4.69, 9.17) is 0 Å². The van der Waals surface area contributed by atoms with Gasteiger partial charge in [0.2, 0.25) is 0 Å². The van der Waals surface area contributed by atoms with Crippen molar-refractivity contribution in [2.24, 2.45) is 16.8 Å². The monoisotopic (exact) mass is 355 g/mol. The lowest BCUT2D eigenvalue weighted by atomic mass is 9.84. The number of carbonyl (C=O) groups is 2. The van der Waals surface area contributed by atoms with E-state index in [-0.39, 0.29) is 23.3 Å². The number of rotatable bonds is 4. The molecule has 136 valence electrons. The molecule has 0 saturated heterocycles. The van der Waals surface area contributed by atoms with Crippen LogP contribution in [0.4, 0.5) is 16.2 Å². The molecule has 2 rings (SSSR count). The molecule has 1 aliphatic carbocycles. The van der Waals surface area contributed by atoms with Crippen LogP contribution in [0.2, 0.25) is 0 Å². The lowest BCUT2D eigenvalue weighted by Gasteiger charge is -2.19. The van der Waals surface area contributed by atoms with Gasteiger partial charge in [0.25, 0.3) is 5.69 Å². The molecule has 1 aromatic rings. The van der Waals surface area contributed by atoms with Gasteiger partial charge in [-0.1, -0.05) is 27.7 Å². The zero-order valence-electron chi connectivity index (χ0n) is 15.1. The standard InChI is InChI=1S/C19H21N3O4/c1-11(2)16-9-14(10-17(12(3)4)18(16)23)21-19(24)20-13-5-7-15(8-6-13)22(25)26/h5-12H,1-4H3,(H,20,24). The number of nitro benzene ring substituents is 1. The fraction of sp³-hybridized carbons (Fsp3) is 0.316. The van der Waals surface area contributed by atoms with Gasteiger partial charge in [0.15, 0.2) is 5.78 Å². The molecule has 0 saturated carbocycles. The Balaban J connectivity index is 2.24. The maximum atomic E-state index is 12.5. The highest BCUT2D eigenvalue weighted by atomic mass is 16.6. The van der Waals surface area contributed by atoms with Gasteiger partial charge in [-0.25, -0.2) is 4.79 Å². The summed E-state index contributed by atoms with van der Waals surface area (Å²) in [4.78, 5) is 38.8. The number of nitrogens with zero attached hydrogens (tertiary/aromatic N) is 2. The molecule has 0 unspecified atom stereocenters. The van der Waals surface area contributed by atoms with Gasteiger partial charge >= 0.3 is 6.03 Å². The SMILES string of the molecule is CC(C)C1=CC(=NC(=O)Nc2ccc([N+](=O)[O-])cc2)C=C(C(C)C)C1=O. The molecular weight excluding hydrogens is 334 g/mol. The molecular formula is C19H21N3O4. The zero-order valence-corrected chi connectivity index (χ0v) is 15.1. The number of Topliss-reactive ketones (excluding diaryl/α,β-unsaturated/α-hetero) is 1. The molecule has 0 aromatic heterocycles. The number of ketones is 1. The number of urea groups is 1. The second-order valence-corrected chi connectivity index (χ2v) is 6.61. The summed E-state index contributed by atoms with van der Waals surface area (Å²) in [5.74, 6) is 0.0329. The third-order valence-corrected chi connectivity index (χ3v) is 3.94. The van der Waals surface area contributed by atoms with E-state index in [1.807, 2.05) is 27.7 Å². The Morgan fingerprint density at radius 2 is 1.54 bits per heavy atom. The summed E-state index contributed by atoms with van der Waals surface area (Å²) < 4.78 is 0. The molecule has 26 heavy (non-hydrogen) atoms. The second-order valence-electron chi connectivity index (χ2n) is 6.61. The second kappa shape index (κ2) is 7.86. The first-order valence-corrected chi connectivity index (χ1v) is 8.31. The van der Waals surface area contributed by atoms with Crippen molar-refractivity contribution in [2.75, 3.05) is 5.32 Å². The Labute approximate surface area is 151 Å². The summed E-state index contributed by atoms with van der Waals surface area (Å²) in [6.45, 7) is 7.67. The lowest BCUT2D eigenvalue weighted by molar-refractivity contribution is -0.384. The zero-order chi connectivity index (χ0) is 19.4. The molecule has 7 heteroatoms. The molecule has 1 aromatic carbocycles. The van der Waals surface area contributed by atoms with Crippen LogP contribution in [0.3, 0.4) is 0 Å². The Kier molecular flexibility index (Phi) is 5.82. The Hall–Kier alpha value is -3.09. The van der Waals surface area contributed by atoms with Gasteiger partial charge in [-0.2, -0.15) is 4.99 Å². The third-order valence-electron chi connectivity index (χ3n) is 3.94. The van der Waals surface area contributed by atoms with Gasteiger partial charge in [-0.15, -0.1) is 0 Å². The highest BCUT2D eigenvalue weighted by Gasteiger charge is 2.25. The first-order valence-electron chi connectivity index (χ1n) is 8.31. The topological polar surface area (TPSA) is 102 Å². The molecule has 1 aliphatic rings. The minimum Gasteiger partial charge on any atom is -0.306 e. The average Bonchev–Trinajstić information content (AvgIpc) is 2.56. The summed E-state index contributed by atoms with van der Waals surface area (Å²) in [6.07, 6.45) is 3.27. The number of allylic oxidation sites excluding steroid dienone is 4. The molecule has 2 amide bonds. The van der Waals surface area contributed by atoms with Crippen molar-refractivity contribution in [3.63, 3.8) is 0 Å². The number of nitro groups is 1. The van der Waals surface area contributed by atoms with Crippen molar-refractivity contribution in [1.29, 1.82) is 0 Å². The normalized spacial score (nSPS) is 14.2. The summed E-state index contributed by atoms with van der Waals surface area (Å²) in [5, 5.41) is 13.2. The molecule has 0 aliphatic heterocycles. The van der Waals surface area contributed by atoms with Gasteiger partial charge in [-0.05, 0) is 36.1 Å². The Bertz CT molecular complexity index is 801. The molecule has 0 heterocycles. The van der Waals surface area contributed by atoms with Crippen molar-refractivity contribution < 1.29 is 14.5 Å². The minimum atomic E-state index is -0.609. The number of nitrogens with one attached hydrogen (secondary N) is 1. The minimum absolute atomic E-state index is 0.00951. The number of hydrogen-bond acceptors (Lipinski definition) is 4. The van der Waals surface area contributed by atoms with Crippen molar-refractivity contribution in [1.82, 2.24) is 0 Å². The first kappa shape index (κ1) is 19.2. The summed E-state index contributed by atoms with van der Waals surface area (Å²) in [7, 11) is 0. The number of anilines is 1. The van der Waals surface area contributed by atoms with Crippen LogP contribution in [0.5, 0.6) is 0 Å². The summed E-state index contributed by atoms with van der Waals surface area (Å²) in [6, 6.07) is 4.86. The van der Waals surface area contributed by atoms with Gasteiger partial charge in [0.1, 0.15) is 0 Å². The van der Waals surface area contributed by atoms with Crippen LogP contribution < -0.4 is 5.32 Å². The van der Waals surface area contributed by atoms with Crippen LogP contribution in [0.1, 0.15) is 27.7 Å². The molecule has 7 nitrogen and oxygen atoms in total. The quantitative estimate of drug-likeness (QED) is 0.494. The van der Waals surface area contributed by atoms with Crippen molar-refractivity contribution in [3.05, 3.63) is 57.7 Å². The van der Waals surface area contributed by atoms with Gasteiger partial charge in [0, 0.05) is 29.0 Å². The number of benzene rings is 1. The predicted molar refractivity (Wildman–Crippen MR) is 100 cm³/mol. The van der Waals surface area contributed by atoms with E-state index in [0.717, 1.165) is 0 Å². The summed E-state index contributed by atoms with van der Waals surface area (Å²) >= 11 is 0. The number of amides is 2. The maximum absolute atomic E-state index is 12.5. The molecule has 0 bridgehead atoms. The highest BCUT2D eigenvalue weighted by Crippen LogP contribution is 2.25. The van der Waals surface area contributed by atoms with E-state index >= 15 is 0 Å². The molecule has 0 radical (unpaired) electrons. The fourth-order valence-electron chi connectivity index (χ4n) is 2.52. The molecule has 1 N–H and O–H groups in total. The van der Waals surface area contributed by atoms with E-state index in [1.54, 1.807) is 12.2 Å². The van der Waals surface area contributed by atoms with Crippen LogP contribution in [-0.4, -0.2) is 22.4 Å². The highest BCUT2D eigenvalue weighted by molar-refractivity contribution is 6.24. The number of aliphatic imine (C=N–C) groups is 1. The number of hydrogen-bond donors (Lipinski definition) is 1. The fourth-order valence-corrected chi connectivity index (χ4v) is 2.52. The maximum Gasteiger partial charge on any atom is 0.345 e. The van der Waals surface area contributed by atoms with Crippen LogP contribution in [0, 0.1) is 22.0 Å². The van der Waals surface area contributed by atoms with E-state index in [1.165, 1.54) is 24.3 Å². The van der Waals surface area contributed by atoms with E-state index in [0.29, 0.717) is 22.5 Å². The largest absolute Gasteiger partial charge is 0.345 e. The smallest absolute Gasteiger partial charge is 0.306 e. The molecule has 0 atom stereocenters. The van der Waals surface area contributed by atoms with Crippen LogP contribution >= 0.6 is 0 Å². The Morgan fingerprint density at radius 1 is 1.04 bits per heavy atom. The van der Waals surface area contributed by atoms with Crippen molar-refractivity contribution in [2.45, 2.75) is 27.7 Å². The van der Waals surface area contributed by atoms with E-state index < -0.39 is 11.0 Å². The van der Waals surface area contributed by atoms with E-state index in [9.17, 15) is 19.7 Å². The average molecular weight is 355 g/mol. The third kappa shape index (κ3) is 4.50. The lowest BCUT2D eigenvalue weighted by Crippen LogP contribution is -2.21.